The van der Waals surface area contributed by atoms with E-state index in [1.807, 2.05) is 19.2 Å². The number of nitrogens with one attached hydrogen (secondary N) is 1. The van der Waals surface area contributed by atoms with Crippen molar-refractivity contribution in [3.05, 3.63) is 53.9 Å². The van der Waals surface area contributed by atoms with Gasteiger partial charge in [0.25, 0.3) is 0 Å². The first-order valence-corrected chi connectivity index (χ1v) is 6.10. The number of hydrogen-bond donors (Lipinski definition) is 1. The van der Waals surface area contributed by atoms with Crippen LogP contribution in [0, 0.1) is 6.92 Å². The molecule has 0 saturated carbocycles. The molecule has 2 rings (SSSR count). The summed E-state index contributed by atoms with van der Waals surface area (Å²) < 4.78 is 0. The van der Waals surface area contributed by atoms with Gasteiger partial charge in [0.2, 0.25) is 0 Å². The largest absolute Gasteiger partial charge is 0.365 e. The highest BCUT2D eigenvalue weighted by atomic mass is 15.2. The lowest BCUT2D eigenvalue weighted by atomic mass is 10.1. The van der Waals surface area contributed by atoms with E-state index in [4.69, 9.17) is 0 Å². The Morgan fingerprint density at radius 2 is 2.35 bits per heavy atom. The zero-order chi connectivity index (χ0) is 12.3. The van der Waals surface area contributed by atoms with Crippen molar-refractivity contribution >= 4 is 5.69 Å². The van der Waals surface area contributed by atoms with Gasteiger partial charge in [-0.2, -0.15) is 0 Å². The monoisotopic (exact) mass is 228 g/mol. The molecule has 0 bridgehead atoms. The van der Waals surface area contributed by atoms with Gasteiger partial charge in [-0.3, -0.25) is 0 Å². The summed E-state index contributed by atoms with van der Waals surface area (Å²) in [6, 6.07) is 6.70. The van der Waals surface area contributed by atoms with Gasteiger partial charge in [0.05, 0.1) is 6.54 Å². The Labute approximate surface area is 104 Å². The van der Waals surface area contributed by atoms with E-state index in [-0.39, 0.29) is 0 Å². The number of rotatable bonds is 4. The molecule has 0 fully saturated rings. The molecule has 1 aliphatic heterocycles. The Hall–Kier alpha value is -1.70. The molecular formula is C15H20N2. The molecule has 0 radical (unpaired) electrons. The van der Waals surface area contributed by atoms with Crippen LogP contribution < -0.4 is 10.2 Å². The molecule has 1 aromatic rings. The van der Waals surface area contributed by atoms with Gasteiger partial charge in [0, 0.05) is 17.9 Å². The van der Waals surface area contributed by atoms with Crippen LogP contribution in [0.25, 0.3) is 0 Å². The van der Waals surface area contributed by atoms with Gasteiger partial charge in [-0.05, 0) is 43.7 Å². The van der Waals surface area contributed by atoms with Gasteiger partial charge in [-0.25, -0.2) is 0 Å². The quantitative estimate of drug-likeness (QED) is 0.852. The molecule has 0 amide bonds. The molecule has 0 unspecified atom stereocenters. The molecule has 17 heavy (non-hydrogen) atoms. The Bertz CT molecular complexity index is 446. The number of hydrogen-bond acceptors (Lipinski definition) is 2. The molecule has 1 heterocycles. The van der Waals surface area contributed by atoms with E-state index in [9.17, 15) is 0 Å². The second-order valence-corrected chi connectivity index (χ2v) is 4.55. The van der Waals surface area contributed by atoms with Crippen molar-refractivity contribution in [3.8, 4) is 0 Å². The van der Waals surface area contributed by atoms with Crippen LogP contribution in [0.3, 0.4) is 0 Å². The Kier molecular flexibility index (Phi) is 3.52. The predicted molar refractivity (Wildman–Crippen MR) is 74.2 cm³/mol. The second kappa shape index (κ2) is 5.09. The van der Waals surface area contributed by atoms with Gasteiger partial charge in [0.1, 0.15) is 0 Å². The SMILES string of the molecule is C=C(CN1CCc2ccc(C)cc21)N/C=C\C. The fraction of sp³-hybridized carbons (Fsp3) is 0.333. The third kappa shape index (κ3) is 2.70. The van der Waals surface area contributed by atoms with E-state index < -0.39 is 0 Å². The number of benzene rings is 1. The molecule has 1 aromatic carbocycles. The number of allylic oxidation sites excluding steroid dienone is 1. The lowest BCUT2D eigenvalue weighted by Gasteiger charge is -2.21. The summed E-state index contributed by atoms with van der Waals surface area (Å²) in [6.07, 6.45) is 5.05. The number of aryl methyl sites for hydroxylation is 1. The van der Waals surface area contributed by atoms with Crippen molar-refractivity contribution in [2.24, 2.45) is 0 Å². The van der Waals surface area contributed by atoms with E-state index in [1.54, 1.807) is 0 Å². The Balaban J connectivity index is 2.06. The lowest BCUT2D eigenvalue weighted by Crippen LogP contribution is -2.26. The molecule has 1 N–H and O–H groups in total. The standard InChI is InChI=1S/C15H20N2/c1-4-8-16-13(3)11-17-9-7-14-6-5-12(2)10-15(14)17/h4-6,8,10,16H,3,7,9,11H2,1-2H3/b8-4-. The van der Waals surface area contributed by atoms with Crippen LogP contribution in [-0.4, -0.2) is 13.1 Å². The lowest BCUT2D eigenvalue weighted by molar-refractivity contribution is 0.844. The third-order valence-corrected chi connectivity index (χ3v) is 3.07. The van der Waals surface area contributed by atoms with E-state index in [2.05, 4.69) is 41.9 Å². The van der Waals surface area contributed by atoms with Gasteiger partial charge in [-0.15, -0.1) is 0 Å². The number of anilines is 1. The number of fused-ring (bicyclic) bond motifs is 1. The van der Waals surface area contributed by atoms with Crippen LogP contribution >= 0.6 is 0 Å². The molecule has 2 nitrogen and oxygen atoms in total. The van der Waals surface area contributed by atoms with Gasteiger partial charge in [-0.1, -0.05) is 24.8 Å². The van der Waals surface area contributed by atoms with Crippen LogP contribution in [0.4, 0.5) is 5.69 Å². The van der Waals surface area contributed by atoms with Crippen LogP contribution in [-0.2, 0) is 6.42 Å². The molecule has 0 aromatic heterocycles. The van der Waals surface area contributed by atoms with E-state index in [0.29, 0.717) is 0 Å². The first-order chi connectivity index (χ1) is 8.20. The van der Waals surface area contributed by atoms with Gasteiger partial charge >= 0.3 is 0 Å². The predicted octanol–water partition coefficient (Wildman–Crippen LogP) is 2.99. The summed E-state index contributed by atoms with van der Waals surface area (Å²) in [5.41, 5.74) is 5.18. The smallest absolute Gasteiger partial charge is 0.0574 e. The molecule has 2 heteroatoms. The maximum Gasteiger partial charge on any atom is 0.0574 e. The van der Waals surface area contributed by atoms with E-state index in [1.165, 1.54) is 16.8 Å². The average Bonchev–Trinajstić information content (AvgIpc) is 2.69. The first kappa shape index (κ1) is 11.8. The van der Waals surface area contributed by atoms with E-state index in [0.717, 1.165) is 25.2 Å². The van der Waals surface area contributed by atoms with Crippen molar-refractivity contribution in [1.29, 1.82) is 0 Å². The highest BCUT2D eigenvalue weighted by molar-refractivity contribution is 5.60. The summed E-state index contributed by atoms with van der Waals surface area (Å²) in [6.45, 7) is 10.2. The summed E-state index contributed by atoms with van der Waals surface area (Å²) in [5, 5.41) is 3.19. The van der Waals surface area contributed by atoms with Crippen LogP contribution in [0.15, 0.2) is 42.8 Å². The molecule has 1 aliphatic rings. The van der Waals surface area contributed by atoms with Crippen molar-refractivity contribution in [3.63, 3.8) is 0 Å². The second-order valence-electron chi connectivity index (χ2n) is 4.55. The van der Waals surface area contributed by atoms with Crippen molar-refractivity contribution < 1.29 is 0 Å². The normalized spacial score (nSPS) is 14.1. The third-order valence-electron chi connectivity index (χ3n) is 3.07. The summed E-state index contributed by atoms with van der Waals surface area (Å²) in [5.74, 6) is 0. The van der Waals surface area contributed by atoms with Crippen LogP contribution in [0.2, 0.25) is 0 Å². The van der Waals surface area contributed by atoms with Crippen molar-refractivity contribution in [2.75, 3.05) is 18.0 Å². The Morgan fingerprint density at radius 3 is 3.12 bits per heavy atom. The van der Waals surface area contributed by atoms with Crippen LogP contribution in [0.5, 0.6) is 0 Å². The zero-order valence-electron chi connectivity index (χ0n) is 10.7. The minimum Gasteiger partial charge on any atom is -0.365 e. The fourth-order valence-corrected chi connectivity index (χ4v) is 2.20. The molecule has 90 valence electrons. The molecule has 0 aliphatic carbocycles. The molecular weight excluding hydrogens is 208 g/mol. The van der Waals surface area contributed by atoms with Crippen molar-refractivity contribution in [1.82, 2.24) is 5.32 Å². The highest BCUT2D eigenvalue weighted by Crippen LogP contribution is 2.28. The summed E-state index contributed by atoms with van der Waals surface area (Å²) in [4.78, 5) is 2.39. The molecule has 0 saturated heterocycles. The zero-order valence-corrected chi connectivity index (χ0v) is 10.7. The Morgan fingerprint density at radius 1 is 1.53 bits per heavy atom. The minimum absolute atomic E-state index is 0.876. The maximum absolute atomic E-state index is 4.05. The van der Waals surface area contributed by atoms with Gasteiger partial charge < -0.3 is 10.2 Å². The summed E-state index contributed by atoms with van der Waals surface area (Å²) in [7, 11) is 0. The summed E-state index contributed by atoms with van der Waals surface area (Å²) >= 11 is 0. The first-order valence-electron chi connectivity index (χ1n) is 6.10. The van der Waals surface area contributed by atoms with Crippen molar-refractivity contribution in [2.45, 2.75) is 20.3 Å². The minimum atomic E-state index is 0.876. The maximum atomic E-state index is 4.05. The molecule has 0 atom stereocenters. The molecule has 0 spiro atoms. The number of nitrogens with zero attached hydrogens (tertiary/aromatic N) is 1. The highest BCUT2D eigenvalue weighted by Gasteiger charge is 2.18. The van der Waals surface area contributed by atoms with E-state index >= 15 is 0 Å². The fourth-order valence-electron chi connectivity index (χ4n) is 2.20. The average molecular weight is 228 g/mol. The topological polar surface area (TPSA) is 15.3 Å². The van der Waals surface area contributed by atoms with Gasteiger partial charge in [0.15, 0.2) is 0 Å². The van der Waals surface area contributed by atoms with Crippen LogP contribution in [0.1, 0.15) is 18.1 Å².